The van der Waals surface area contributed by atoms with Crippen LogP contribution in [0.25, 0.3) is 10.9 Å². The maximum Gasteiger partial charge on any atom is 0.259 e. The van der Waals surface area contributed by atoms with Crippen LogP contribution in [0.2, 0.25) is 0 Å². The Labute approximate surface area is 135 Å². The highest BCUT2D eigenvalue weighted by Gasteiger charge is 2.25. The third-order valence-electron chi connectivity index (χ3n) is 4.48. The van der Waals surface area contributed by atoms with E-state index in [1.165, 1.54) is 0 Å². The van der Waals surface area contributed by atoms with E-state index in [0.29, 0.717) is 25.1 Å². The first-order valence-electron chi connectivity index (χ1n) is 8.13. The lowest BCUT2D eigenvalue weighted by Gasteiger charge is -2.31. The first kappa shape index (κ1) is 15.7. The molecule has 1 N–H and O–H groups in total. The average Bonchev–Trinajstić information content (AvgIpc) is 2.56. The first-order valence-corrected chi connectivity index (χ1v) is 8.13. The Bertz CT molecular complexity index is 773. The number of rotatable bonds is 3. The minimum atomic E-state index is -0.195. The molecule has 122 valence electrons. The second-order valence-corrected chi connectivity index (χ2v) is 5.98. The molecule has 0 spiro atoms. The number of H-pyrrole nitrogens is 1. The lowest BCUT2D eigenvalue weighted by Crippen LogP contribution is -2.42. The van der Waals surface area contributed by atoms with E-state index in [9.17, 15) is 9.59 Å². The van der Waals surface area contributed by atoms with Crippen molar-refractivity contribution in [3.05, 3.63) is 45.7 Å². The Morgan fingerprint density at radius 2 is 2.09 bits per heavy atom. The molecule has 2 aromatic rings. The lowest BCUT2D eigenvalue weighted by molar-refractivity contribution is 0.0145. The van der Waals surface area contributed by atoms with Gasteiger partial charge in [0.15, 0.2) is 0 Å². The van der Waals surface area contributed by atoms with Gasteiger partial charge < -0.3 is 14.6 Å². The number of nitrogens with zero attached hydrogens (tertiary/aromatic N) is 1. The summed E-state index contributed by atoms with van der Waals surface area (Å²) in [7, 11) is 0. The second kappa shape index (κ2) is 6.54. The topological polar surface area (TPSA) is 62.4 Å². The van der Waals surface area contributed by atoms with Gasteiger partial charge in [-0.2, -0.15) is 0 Å². The number of fused-ring (bicyclic) bond motifs is 1. The van der Waals surface area contributed by atoms with Gasteiger partial charge in [-0.15, -0.1) is 0 Å². The van der Waals surface area contributed by atoms with Crippen LogP contribution in [0.15, 0.2) is 29.2 Å². The van der Waals surface area contributed by atoms with Crippen molar-refractivity contribution in [2.24, 2.45) is 0 Å². The van der Waals surface area contributed by atoms with Crippen molar-refractivity contribution >= 4 is 16.8 Å². The maximum absolute atomic E-state index is 12.7. The van der Waals surface area contributed by atoms with Gasteiger partial charge >= 0.3 is 0 Å². The van der Waals surface area contributed by atoms with E-state index < -0.39 is 0 Å². The van der Waals surface area contributed by atoms with Gasteiger partial charge in [0.05, 0.1) is 11.6 Å². The smallest absolute Gasteiger partial charge is 0.259 e. The zero-order chi connectivity index (χ0) is 16.4. The molecule has 2 heterocycles. The molecule has 0 bridgehead atoms. The van der Waals surface area contributed by atoms with Crippen molar-refractivity contribution in [2.45, 2.75) is 32.8 Å². The van der Waals surface area contributed by atoms with Gasteiger partial charge in [0.2, 0.25) is 5.43 Å². The Kier molecular flexibility index (Phi) is 4.48. The Balaban J connectivity index is 1.85. The number of likely N-dealkylation sites (tertiary alicyclic amines) is 1. The highest BCUT2D eigenvalue weighted by atomic mass is 16.5. The standard InChI is InChI=1S/C18H22N2O3/c1-3-23-13-7-9-20(10-8-13)18(22)15-11-19-16-12(2)5-4-6-14(16)17(15)21/h4-6,11,13H,3,7-10H2,1-2H3,(H,19,21). The number of benzene rings is 1. The second-order valence-electron chi connectivity index (χ2n) is 5.98. The van der Waals surface area contributed by atoms with Crippen LogP contribution < -0.4 is 5.43 Å². The van der Waals surface area contributed by atoms with Crippen molar-refractivity contribution in [1.82, 2.24) is 9.88 Å². The highest BCUT2D eigenvalue weighted by Crippen LogP contribution is 2.17. The molecule has 5 heteroatoms. The Hall–Kier alpha value is -2.14. The quantitative estimate of drug-likeness (QED) is 0.946. The normalized spacial score (nSPS) is 16.0. The molecule has 0 radical (unpaired) electrons. The van der Waals surface area contributed by atoms with Crippen LogP contribution in [-0.2, 0) is 4.74 Å². The monoisotopic (exact) mass is 314 g/mol. The minimum Gasteiger partial charge on any atom is -0.378 e. The molecular weight excluding hydrogens is 292 g/mol. The van der Waals surface area contributed by atoms with Crippen molar-refractivity contribution in [1.29, 1.82) is 0 Å². The van der Waals surface area contributed by atoms with Gasteiger partial charge in [-0.3, -0.25) is 9.59 Å². The summed E-state index contributed by atoms with van der Waals surface area (Å²) in [4.78, 5) is 30.2. The summed E-state index contributed by atoms with van der Waals surface area (Å²) < 4.78 is 5.61. The fourth-order valence-electron chi connectivity index (χ4n) is 3.19. The molecule has 1 aromatic carbocycles. The van der Waals surface area contributed by atoms with Crippen LogP contribution in [0.3, 0.4) is 0 Å². The van der Waals surface area contributed by atoms with E-state index in [1.54, 1.807) is 17.2 Å². The summed E-state index contributed by atoms with van der Waals surface area (Å²) >= 11 is 0. The predicted molar refractivity (Wildman–Crippen MR) is 89.9 cm³/mol. The van der Waals surface area contributed by atoms with Gasteiger partial charge in [-0.1, -0.05) is 12.1 Å². The van der Waals surface area contributed by atoms with Crippen LogP contribution >= 0.6 is 0 Å². The maximum atomic E-state index is 12.7. The van der Waals surface area contributed by atoms with E-state index in [1.807, 2.05) is 26.0 Å². The molecule has 1 fully saturated rings. The van der Waals surface area contributed by atoms with Crippen LogP contribution in [0, 0.1) is 6.92 Å². The number of nitrogens with one attached hydrogen (secondary N) is 1. The van der Waals surface area contributed by atoms with Gasteiger partial charge in [-0.05, 0) is 38.3 Å². The average molecular weight is 314 g/mol. The predicted octanol–water partition coefficient (Wildman–Crippen LogP) is 2.48. The molecule has 0 unspecified atom stereocenters. The largest absolute Gasteiger partial charge is 0.378 e. The Morgan fingerprint density at radius 3 is 2.78 bits per heavy atom. The first-order chi connectivity index (χ1) is 11.1. The molecule has 23 heavy (non-hydrogen) atoms. The van der Waals surface area contributed by atoms with E-state index in [-0.39, 0.29) is 23.0 Å². The number of carbonyl (C=O) groups is 1. The molecule has 5 nitrogen and oxygen atoms in total. The summed E-state index contributed by atoms with van der Waals surface area (Å²) in [5, 5.41) is 0.569. The van der Waals surface area contributed by atoms with Gasteiger partial charge in [0.1, 0.15) is 5.56 Å². The van der Waals surface area contributed by atoms with Gasteiger partial charge in [0.25, 0.3) is 5.91 Å². The number of piperidine rings is 1. The number of carbonyl (C=O) groups excluding carboxylic acids is 1. The van der Waals surface area contributed by atoms with Crippen molar-refractivity contribution in [2.75, 3.05) is 19.7 Å². The lowest BCUT2D eigenvalue weighted by atomic mass is 10.0. The molecule has 0 aliphatic carbocycles. The molecule has 1 aliphatic rings. The number of hydrogen-bond donors (Lipinski definition) is 1. The molecule has 0 atom stereocenters. The van der Waals surface area contributed by atoms with Crippen LogP contribution in [0.5, 0.6) is 0 Å². The van der Waals surface area contributed by atoms with E-state index in [0.717, 1.165) is 23.9 Å². The van der Waals surface area contributed by atoms with Crippen molar-refractivity contribution in [3.8, 4) is 0 Å². The minimum absolute atomic E-state index is 0.190. The molecule has 1 aliphatic heterocycles. The molecule has 1 amide bonds. The summed E-state index contributed by atoms with van der Waals surface area (Å²) in [6, 6.07) is 5.55. The summed E-state index contributed by atoms with van der Waals surface area (Å²) in [5.74, 6) is -0.190. The Morgan fingerprint density at radius 1 is 1.35 bits per heavy atom. The van der Waals surface area contributed by atoms with Crippen molar-refractivity contribution in [3.63, 3.8) is 0 Å². The fourth-order valence-corrected chi connectivity index (χ4v) is 3.19. The summed E-state index contributed by atoms with van der Waals surface area (Å²) in [6.07, 6.45) is 3.42. The summed E-state index contributed by atoms with van der Waals surface area (Å²) in [6.45, 7) is 5.89. The molecular formula is C18H22N2O3. The van der Waals surface area contributed by atoms with Crippen LogP contribution in [-0.4, -0.2) is 41.6 Å². The van der Waals surface area contributed by atoms with E-state index in [4.69, 9.17) is 4.74 Å². The number of ether oxygens (including phenoxy) is 1. The van der Waals surface area contributed by atoms with E-state index in [2.05, 4.69) is 4.98 Å². The number of aryl methyl sites for hydroxylation is 1. The van der Waals surface area contributed by atoms with E-state index >= 15 is 0 Å². The molecule has 3 rings (SSSR count). The number of aromatic nitrogens is 1. The highest BCUT2D eigenvalue weighted by molar-refractivity contribution is 5.97. The molecule has 1 aromatic heterocycles. The number of pyridine rings is 1. The third-order valence-corrected chi connectivity index (χ3v) is 4.48. The number of aromatic amines is 1. The zero-order valence-corrected chi connectivity index (χ0v) is 13.6. The van der Waals surface area contributed by atoms with Crippen molar-refractivity contribution < 1.29 is 9.53 Å². The molecule has 1 saturated heterocycles. The fraction of sp³-hybridized carbons (Fsp3) is 0.444. The number of hydrogen-bond acceptors (Lipinski definition) is 3. The van der Waals surface area contributed by atoms with Gasteiger partial charge in [-0.25, -0.2) is 0 Å². The number of para-hydroxylation sites is 1. The SMILES string of the molecule is CCOC1CCN(C(=O)c2c[nH]c3c(C)cccc3c2=O)CC1. The number of amides is 1. The van der Waals surface area contributed by atoms with Crippen LogP contribution in [0.4, 0.5) is 0 Å². The third kappa shape index (κ3) is 3.01. The zero-order valence-electron chi connectivity index (χ0n) is 13.6. The van der Waals surface area contributed by atoms with Crippen LogP contribution in [0.1, 0.15) is 35.7 Å². The van der Waals surface area contributed by atoms with Gasteiger partial charge in [0, 0.05) is 31.3 Å². The molecule has 0 saturated carbocycles. The summed E-state index contributed by atoms with van der Waals surface area (Å²) in [5.41, 5.74) is 1.82.